The van der Waals surface area contributed by atoms with Crippen molar-refractivity contribution in [3.63, 3.8) is 0 Å². The first-order valence-electron chi connectivity index (χ1n) is 8.59. The Kier molecular flexibility index (Phi) is 5.97. The molecular weight excluding hydrogens is 375 g/mol. The Hall–Kier alpha value is -1.47. The molecule has 0 aliphatic carbocycles. The molecule has 140 valence electrons. The molecule has 1 fully saturated rings. The SMILES string of the molecule is Cc1cc(S(=O)(=O)N2CCN(CCc3ccc(F)cc3)CC2)ccc1Cl. The Balaban J connectivity index is 1.57. The van der Waals surface area contributed by atoms with Crippen LogP contribution in [0.5, 0.6) is 0 Å². The molecule has 0 atom stereocenters. The fraction of sp³-hybridized carbons (Fsp3) is 0.368. The van der Waals surface area contributed by atoms with E-state index in [0.717, 1.165) is 24.1 Å². The zero-order chi connectivity index (χ0) is 18.7. The topological polar surface area (TPSA) is 40.6 Å². The van der Waals surface area contributed by atoms with Crippen LogP contribution in [-0.4, -0.2) is 50.3 Å². The second kappa shape index (κ2) is 8.05. The summed E-state index contributed by atoms with van der Waals surface area (Å²) in [5, 5.41) is 0.564. The number of hydrogen-bond donors (Lipinski definition) is 0. The van der Waals surface area contributed by atoms with Gasteiger partial charge in [0.1, 0.15) is 5.82 Å². The molecule has 0 amide bonds. The minimum atomic E-state index is -3.49. The van der Waals surface area contributed by atoms with Crippen LogP contribution in [0.25, 0.3) is 0 Å². The number of sulfonamides is 1. The van der Waals surface area contributed by atoms with Crippen LogP contribution < -0.4 is 0 Å². The molecular formula is C19H22ClFN2O2S. The molecule has 0 bridgehead atoms. The second-order valence-electron chi connectivity index (χ2n) is 6.53. The first-order valence-corrected chi connectivity index (χ1v) is 10.4. The third kappa shape index (κ3) is 4.43. The summed E-state index contributed by atoms with van der Waals surface area (Å²) in [6.45, 7) is 4.94. The molecule has 4 nitrogen and oxygen atoms in total. The zero-order valence-corrected chi connectivity index (χ0v) is 16.2. The summed E-state index contributed by atoms with van der Waals surface area (Å²) < 4.78 is 40.1. The van der Waals surface area contributed by atoms with Crippen LogP contribution >= 0.6 is 11.6 Å². The molecule has 0 saturated carbocycles. The van der Waals surface area contributed by atoms with Crippen molar-refractivity contribution in [2.45, 2.75) is 18.2 Å². The lowest BCUT2D eigenvalue weighted by Gasteiger charge is -2.34. The van der Waals surface area contributed by atoms with E-state index in [1.165, 1.54) is 16.4 Å². The van der Waals surface area contributed by atoms with E-state index in [1.54, 1.807) is 37.3 Å². The van der Waals surface area contributed by atoms with Gasteiger partial charge in [-0.2, -0.15) is 4.31 Å². The molecule has 0 unspecified atom stereocenters. The number of nitrogens with zero attached hydrogens (tertiary/aromatic N) is 2. The minimum absolute atomic E-state index is 0.231. The summed E-state index contributed by atoms with van der Waals surface area (Å²) in [6.07, 6.45) is 0.823. The number of aryl methyl sites for hydroxylation is 1. The molecule has 1 heterocycles. The van der Waals surface area contributed by atoms with Gasteiger partial charge in [0, 0.05) is 37.7 Å². The Labute approximate surface area is 159 Å². The lowest BCUT2D eigenvalue weighted by Crippen LogP contribution is -2.49. The normalized spacial score (nSPS) is 16.7. The quantitative estimate of drug-likeness (QED) is 0.778. The minimum Gasteiger partial charge on any atom is -0.300 e. The summed E-state index contributed by atoms with van der Waals surface area (Å²) >= 11 is 5.99. The first kappa shape index (κ1) is 19.3. The van der Waals surface area contributed by atoms with E-state index < -0.39 is 10.0 Å². The third-order valence-corrected chi connectivity index (χ3v) is 7.05. The Bertz CT molecular complexity index is 864. The summed E-state index contributed by atoms with van der Waals surface area (Å²) in [5.74, 6) is -0.231. The van der Waals surface area contributed by atoms with Crippen molar-refractivity contribution in [2.75, 3.05) is 32.7 Å². The molecule has 0 radical (unpaired) electrons. The Morgan fingerprint density at radius 1 is 1.04 bits per heavy atom. The van der Waals surface area contributed by atoms with E-state index >= 15 is 0 Å². The summed E-state index contributed by atoms with van der Waals surface area (Å²) in [6, 6.07) is 11.3. The molecule has 0 spiro atoms. The fourth-order valence-corrected chi connectivity index (χ4v) is 4.68. The van der Waals surface area contributed by atoms with Gasteiger partial charge in [-0.15, -0.1) is 0 Å². The van der Waals surface area contributed by atoms with Crippen molar-refractivity contribution in [1.82, 2.24) is 9.21 Å². The summed E-state index contributed by atoms with van der Waals surface area (Å²) in [4.78, 5) is 2.53. The van der Waals surface area contributed by atoms with Gasteiger partial charge in [-0.25, -0.2) is 12.8 Å². The van der Waals surface area contributed by atoms with Gasteiger partial charge in [0.25, 0.3) is 0 Å². The van der Waals surface area contributed by atoms with Gasteiger partial charge in [0.05, 0.1) is 4.90 Å². The van der Waals surface area contributed by atoms with Crippen LogP contribution in [0, 0.1) is 12.7 Å². The average molecular weight is 397 g/mol. The van der Waals surface area contributed by atoms with Crippen LogP contribution in [-0.2, 0) is 16.4 Å². The number of piperazine rings is 1. The molecule has 1 aliphatic heterocycles. The van der Waals surface area contributed by atoms with Gasteiger partial charge in [-0.05, 0) is 54.8 Å². The summed E-state index contributed by atoms with van der Waals surface area (Å²) in [7, 11) is -3.49. The first-order chi connectivity index (χ1) is 12.4. The lowest BCUT2D eigenvalue weighted by atomic mass is 10.1. The summed E-state index contributed by atoms with van der Waals surface area (Å²) in [5.41, 5.74) is 1.84. The van der Waals surface area contributed by atoms with Crippen molar-refractivity contribution >= 4 is 21.6 Å². The van der Waals surface area contributed by atoms with E-state index in [-0.39, 0.29) is 5.82 Å². The molecule has 7 heteroatoms. The van der Waals surface area contributed by atoms with Gasteiger partial charge in [0.2, 0.25) is 10.0 Å². The molecule has 1 saturated heterocycles. The maximum Gasteiger partial charge on any atom is 0.243 e. The molecule has 1 aliphatic rings. The van der Waals surface area contributed by atoms with Crippen LogP contribution in [0.15, 0.2) is 47.4 Å². The highest BCUT2D eigenvalue weighted by Gasteiger charge is 2.28. The Morgan fingerprint density at radius 2 is 1.69 bits per heavy atom. The highest BCUT2D eigenvalue weighted by Crippen LogP contribution is 2.23. The number of rotatable bonds is 5. The molecule has 0 aromatic heterocycles. The predicted octanol–water partition coefficient (Wildman–Crippen LogP) is 3.34. The molecule has 2 aromatic carbocycles. The predicted molar refractivity (Wildman–Crippen MR) is 101 cm³/mol. The van der Waals surface area contributed by atoms with Crippen LogP contribution in [0.4, 0.5) is 4.39 Å². The van der Waals surface area contributed by atoms with Gasteiger partial charge >= 0.3 is 0 Å². The smallest absolute Gasteiger partial charge is 0.243 e. The van der Waals surface area contributed by atoms with Crippen molar-refractivity contribution < 1.29 is 12.8 Å². The highest BCUT2D eigenvalue weighted by atomic mass is 35.5. The van der Waals surface area contributed by atoms with Crippen molar-refractivity contribution in [1.29, 1.82) is 0 Å². The van der Waals surface area contributed by atoms with Gasteiger partial charge in [-0.3, -0.25) is 0 Å². The van der Waals surface area contributed by atoms with E-state index in [0.29, 0.717) is 36.1 Å². The van der Waals surface area contributed by atoms with Gasteiger partial charge in [0.15, 0.2) is 0 Å². The Morgan fingerprint density at radius 3 is 2.31 bits per heavy atom. The molecule has 26 heavy (non-hydrogen) atoms. The fourth-order valence-electron chi connectivity index (χ4n) is 3.06. The lowest BCUT2D eigenvalue weighted by molar-refractivity contribution is 0.190. The maximum absolute atomic E-state index is 12.9. The van der Waals surface area contributed by atoms with Crippen molar-refractivity contribution in [2.24, 2.45) is 0 Å². The van der Waals surface area contributed by atoms with Gasteiger partial charge < -0.3 is 4.90 Å². The van der Waals surface area contributed by atoms with E-state index in [2.05, 4.69) is 4.90 Å². The average Bonchev–Trinajstić information content (AvgIpc) is 2.64. The number of benzene rings is 2. The largest absolute Gasteiger partial charge is 0.300 e. The van der Waals surface area contributed by atoms with E-state index in [4.69, 9.17) is 11.6 Å². The molecule has 3 rings (SSSR count). The third-order valence-electron chi connectivity index (χ3n) is 4.73. The molecule has 0 N–H and O–H groups in total. The van der Waals surface area contributed by atoms with Crippen LogP contribution in [0.2, 0.25) is 5.02 Å². The van der Waals surface area contributed by atoms with Gasteiger partial charge in [-0.1, -0.05) is 23.7 Å². The van der Waals surface area contributed by atoms with Crippen molar-refractivity contribution in [3.8, 4) is 0 Å². The number of halogens is 2. The highest BCUT2D eigenvalue weighted by molar-refractivity contribution is 7.89. The second-order valence-corrected chi connectivity index (χ2v) is 8.88. The van der Waals surface area contributed by atoms with Crippen LogP contribution in [0.3, 0.4) is 0 Å². The number of hydrogen-bond acceptors (Lipinski definition) is 3. The van der Waals surface area contributed by atoms with Crippen LogP contribution in [0.1, 0.15) is 11.1 Å². The van der Waals surface area contributed by atoms with E-state index in [9.17, 15) is 12.8 Å². The van der Waals surface area contributed by atoms with E-state index in [1.807, 2.05) is 0 Å². The standard InChI is InChI=1S/C19H22ClFN2O2S/c1-15-14-18(6-7-19(15)20)26(24,25)23-12-10-22(11-13-23)9-8-16-2-4-17(21)5-3-16/h2-7,14H,8-13H2,1H3. The monoisotopic (exact) mass is 396 g/mol. The van der Waals surface area contributed by atoms with Crippen molar-refractivity contribution in [3.05, 3.63) is 64.4 Å². The zero-order valence-electron chi connectivity index (χ0n) is 14.7. The molecule has 2 aromatic rings. The maximum atomic E-state index is 12.9.